The van der Waals surface area contributed by atoms with Gasteiger partial charge in [0.05, 0.1) is 5.03 Å². The lowest BCUT2D eigenvalue weighted by atomic mass is 10.1. The lowest BCUT2D eigenvalue weighted by Gasteiger charge is -2.08. The lowest BCUT2D eigenvalue weighted by molar-refractivity contribution is 0.200. The van der Waals surface area contributed by atoms with Crippen molar-refractivity contribution in [1.29, 1.82) is 0 Å². The van der Waals surface area contributed by atoms with Crippen LogP contribution in [-0.2, 0) is 11.2 Å². The molecule has 0 aliphatic heterocycles. The second-order valence-electron chi connectivity index (χ2n) is 4.07. The Morgan fingerprint density at radius 3 is 2.88 bits per heavy atom. The number of aromatic nitrogens is 1. The van der Waals surface area contributed by atoms with Crippen molar-refractivity contribution >= 4 is 11.8 Å². The maximum absolute atomic E-state index is 5.91. The number of rotatable bonds is 8. The normalized spacial score (nSPS) is 12.6. The summed E-state index contributed by atoms with van der Waals surface area (Å²) in [4.78, 5) is 4.43. The van der Waals surface area contributed by atoms with Crippen LogP contribution in [-0.4, -0.2) is 30.5 Å². The van der Waals surface area contributed by atoms with Gasteiger partial charge in [0.25, 0.3) is 0 Å². The molecular formula is C13H22N2OS. The molecule has 0 spiro atoms. The first kappa shape index (κ1) is 14.5. The van der Waals surface area contributed by atoms with E-state index in [0.717, 1.165) is 36.6 Å². The van der Waals surface area contributed by atoms with E-state index in [9.17, 15) is 0 Å². The first-order valence-corrected chi connectivity index (χ1v) is 7.07. The molecule has 0 amide bonds. The summed E-state index contributed by atoms with van der Waals surface area (Å²) in [6.07, 6.45) is 4.92. The summed E-state index contributed by atoms with van der Waals surface area (Å²) in [5.41, 5.74) is 7.13. The van der Waals surface area contributed by atoms with Gasteiger partial charge in [-0.3, -0.25) is 0 Å². The molecule has 1 unspecified atom stereocenters. The molecule has 1 aromatic rings. The largest absolute Gasteiger partial charge is 0.385 e. The molecule has 1 aromatic heterocycles. The molecule has 2 N–H and O–H groups in total. The molecule has 0 aliphatic rings. The van der Waals surface area contributed by atoms with Gasteiger partial charge in [0.2, 0.25) is 0 Å². The molecule has 0 radical (unpaired) electrons. The van der Waals surface area contributed by atoms with Gasteiger partial charge < -0.3 is 10.5 Å². The van der Waals surface area contributed by atoms with Crippen LogP contribution < -0.4 is 5.73 Å². The van der Waals surface area contributed by atoms with E-state index in [1.54, 1.807) is 18.9 Å². The molecular weight excluding hydrogens is 232 g/mol. The molecule has 1 rings (SSSR count). The van der Waals surface area contributed by atoms with Crippen molar-refractivity contribution in [3.05, 3.63) is 23.9 Å². The van der Waals surface area contributed by atoms with E-state index in [1.807, 2.05) is 6.20 Å². The third-order valence-electron chi connectivity index (χ3n) is 2.56. The Bertz CT molecular complexity index is 303. The van der Waals surface area contributed by atoms with Crippen LogP contribution in [0.15, 0.2) is 23.4 Å². The third kappa shape index (κ3) is 6.05. The molecule has 1 atom stereocenters. The van der Waals surface area contributed by atoms with Crippen molar-refractivity contribution in [1.82, 2.24) is 4.98 Å². The summed E-state index contributed by atoms with van der Waals surface area (Å²) in [5, 5.41) is 1.08. The van der Waals surface area contributed by atoms with Gasteiger partial charge in [0.1, 0.15) is 0 Å². The maximum atomic E-state index is 5.91. The third-order valence-corrected chi connectivity index (χ3v) is 3.59. The quantitative estimate of drug-likeness (QED) is 0.572. The summed E-state index contributed by atoms with van der Waals surface area (Å²) >= 11 is 1.77. The SMILES string of the molecule is CCC(N)Cc1ccc(SCCCOC)nc1. The number of nitrogens with zero attached hydrogens (tertiary/aromatic N) is 1. The highest BCUT2D eigenvalue weighted by molar-refractivity contribution is 7.99. The summed E-state index contributed by atoms with van der Waals surface area (Å²) in [5.74, 6) is 1.05. The van der Waals surface area contributed by atoms with E-state index >= 15 is 0 Å². The molecule has 96 valence electrons. The number of ether oxygens (including phenoxy) is 1. The van der Waals surface area contributed by atoms with Crippen molar-refractivity contribution in [3.8, 4) is 0 Å². The minimum Gasteiger partial charge on any atom is -0.385 e. The van der Waals surface area contributed by atoms with Gasteiger partial charge in [-0.05, 0) is 30.9 Å². The second-order valence-corrected chi connectivity index (χ2v) is 5.19. The van der Waals surface area contributed by atoms with Gasteiger partial charge in [-0.1, -0.05) is 13.0 Å². The molecule has 3 nitrogen and oxygen atoms in total. The van der Waals surface area contributed by atoms with Crippen LogP contribution in [0, 0.1) is 0 Å². The number of nitrogens with two attached hydrogens (primary N) is 1. The number of methoxy groups -OCH3 is 1. The molecule has 0 aliphatic carbocycles. The van der Waals surface area contributed by atoms with E-state index in [1.165, 1.54) is 5.56 Å². The summed E-state index contributed by atoms with van der Waals surface area (Å²) < 4.78 is 5.01. The highest BCUT2D eigenvalue weighted by Crippen LogP contribution is 2.16. The number of hydrogen-bond acceptors (Lipinski definition) is 4. The minimum absolute atomic E-state index is 0.247. The zero-order chi connectivity index (χ0) is 12.5. The Balaban J connectivity index is 2.34. The maximum Gasteiger partial charge on any atom is 0.0960 e. The zero-order valence-corrected chi connectivity index (χ0v) is 11.5. The fourth-order valence-electron chi connectivity index (χ4n) is 1.44. The van der Waals surface area contributed by atoms with Gasteiger partial charge in [-0.15, -0.1) is 11.8 Å². The van der Waals surface area contributed by atoms with Crippen LogP contribution in [0.2, 0.25) is 0 Å². The van der Waals surface area contributed by atoms with Crippen molar-refractivity contribution in [2.75, 3.05) is 19.5 Å². The predicted molar refractivity (Wildman–Crippen MR) is 73.4 cm³/mol. The Morgan fingerprint density at radius 1 is 1.47 bits per heavy atom. The van der Waals surface area contributed by atoms with Crippen LogP contribution in [0.4, 0.5) is 0 Å². The van der Waals surface area contributed by atoms with Crippen molar-refractivity contribution in [2.45, 2.75) is 37.3 Å². The van der Waals surface area contributed by atoms with E-state index < -0.39 is 0 Å². The van der Waals surface area contributed by atoms with Crippen LogP contribution in [0.3, 0.4) is 0 Å². The Kier molecular flexibility index (Phi) is 7.24. The first-order valence-electron chi connectivity index (χ1n) is 6.08. The first-order chi connectivity index (χ1) is 8.26. The summed E-state index contributed by atoms with van der Waals surface area (Å²) in [6, 6.07) is 4.45. The van der Waals surface area contributed by atoms with Gasteiger partial charge in [-0.25, -0.2) is 4.98 Å². The fraction of sp³-hybridized carbons (Fsp3) is 0.615. The average molecular weight is 254 g/mol. The standard InChI is InChI=1S/C13H22N2OS/c1-3-12(14)9-11-5-6-13(15-10-11)17-8-4-7-16-2/h5-6,10,12H,3-4,7-9,14H2,1-2H3. The van der Waals surface area contributed by atoms with E-state index in [-0.39, 0.29) is 6.04 Å². The highest BCUT2D eigenvalue weighted by Gasteiger charge is 2.02. The van der Waals surface area contributed by atoms with Gasteiger partial charge >= 0.3 is 0 Å². The number of thioether (sulfide) groups is 1. The highest BCUT2D eigenvalue weighted by atomic mass is 32.2. The topological polar surface area (TPSA) is 48.1 Å². The van der Waals surface area contributed by atoms with E-state index in [2.05, 4.69) is 24.0 Å². The predicted octanol–water partition coefficient (Wildman–Crippen LogP) is 2.49. The Hall–Kier alpha value is -0.580. The molecule has 0 saturated heterocycles. The van der Waals surface area contributed by atoms with Gasteiger partial charge in [0.15, 0.2) is 0 Å². The molecule has 4 heteroatoms. The summed E-state index contributed by atoms with van der Waals surface area (Å²) in [6.45, 7) is 2.93. The number of hydrogen-bond donors (Lipinski definition) is 1. The average Bonchev–Trinajstić information content (AvgIpc) is 2.36. The van der Waals surface area contributed by atoms with Crippen LogP contribution >= 0.6 is 11.8 Å². The molecule has 0 bridgehead atoms. The van der Waals surface area contributed by atoms with Gasteiger partial charge in [-0.2, -0.15) is 0 Å². The van der Waals surface area contributed by atoms with Gasteiger partial charge in [0, 0.05) is 31.7 Å². The molecule has 0 saturated carbocycles. The lowest BCUT2D eigenvalue weighted by Crippen LogP contribution is -2.21. The van der Waals surface area contributed by atoms with Crippen LogP contribution in [0.1, 0.15) is 25.3 Å². The molecule has 0 fully saturated rings. The second kappa shape index (κ2) is 8.50. The van der Waals surface area contributed by atoms with E-state index in [4.69, 9.17) is 10.5 Å². The monoisotopic (exact) mass is 254 g/mol. The van der Waals surface area contributed by atoms with E-state index in [0.29, 0.717) is 0 Å². The van der Waals surface area contributed by atoms with Crippen LogP contribution in [0.5, 0.6) is 0 Å². The summed E-state index contributed by atoms with van der Waals surface area (Å²) in [7, 11) is 1.73. The number of pyridine rings is 1. The Morgan fingerprint density at radius 2 is 2.29 bits per heavy atom. The minimum atomic E-state index is 0.247. The fourth-order valence-corrected chi connectivity index (χ4v) is 2.21. The molecule has 1 heterocycles. The smallest absolute Gasteiger partial charge is 0.0960 e. The van der Waals surface area contributed by atoms with Crippen LogP contribution in [0.25, 0.3) is 0 Å². The van der Waals surface area contributed by atoms with Crippen molar-refractivity contribution in [3.63, 3.8) is 0 Å². The van der Waals surface area contributed by atoms with Crippen molar-refractivity contribution < 1.29 is 4.74 Å². The van der Waals surface area contributed by atoms with Crippen molar-refractivity contribution in [2.24, 2.45) is 5.73 Å². The Labute approximate surface area is 108 Å². The molecule has 17 heavy (non-hydrogen) atoms. The molecule has 0 aromatic carbocycles. The zero-order valence-electron chi connectivity index (χ0n) is 10.7.